The van der Waals surface area contributed by atoms with Gasteiger partial charge in [0.1, 0.15) is 19.8 Å². The lowest BCUT2D eigenvalue weighted by atomic mass is 9.89. The van der Waals surface area contributed by atoms with Crippen molar-refractivity contribution >= 4 is 17.9 Å². The second-order valence-electron chi connectivity index (χ2n) is 19.7. The highest BCUT2D eigenvalue weighted by Crippen LogP contribution is 2.26. The van der Waals surface area contributed by atoms with E-state index in [9.17, 15) is 14.4 Å². The average molecular weight is 903 g/mol. The lowest BCUT2D eigenvalue weighted by Crippen LogP contribution is -2.28. The van der Waals surface area contributed by atoms with Crippen LogP contribution in [0.5, 0.6) is 0 Å². The van der Waals surface area contributed by atoms with Crippen LogP contribution in [-0.4, -0.2) is 144 Å². The molecule has 0 spiro atoms. The highest BCUT2D eigenvalue weighted by molar-refractivity contribution is 5.76. The minimum atomic E-state index is -0.341. The van der Waals surface area contributed by atoms with E-state index < -0.39 is 0 Å². The fourth-order valence-electron chi connectivity index (χ4n) is 3.10. The van der Waals surface area contributed by atoms with Gasteiger partial charge in [0.05, 0.1) is 27.8 Å². The van der Waals surface area contributed by atoms with Crippen LogP contribution < -0.4 is 0 Å². The standard InChI is InChI=1S/3C10H21NO2.C8H17N.C7H14O.C6H12O/c3*1-6-10(2,3)9(12)13-8-7-11(4)5;1-6-7(2)8(3)9(4)5;1-5-7(3,4)6(2)8;1-4-5(2)6(3)7/h3*6-8H2,1-5H3;7H,3,6H2,1-2,4-5H3;8H,2,5H2,1,3-4H3;5,7H,3-4H2,1-2H3. The molecule has 0 bridgehead atoms. The first-order chi connectivity index (χ1) is 28.5. The Balaban J connectivity index is -0.000000157. The molecule has 0 aromatic carbocycles. The van der Waals surface area contributed by atoms with Gasteiger partial charge in [0.2, 0.25) is 0 Å². The summed E-state index contributed by atoms with van der Waals surface area (Å²) < 4.78 is 15.4. The van der Waals surface area contributed by atoms with Gasteiger partial charge in [0, 0.05) is 50.8 Å². The Morgan fingerprint density at radius 1 is 0.476 bits per heavy atom. The molecule has 0 aliphatic rings. The van der Waals surface area contributed by atoms with Crippen LogP contribution in [0.15, 0.2) is 37.0 Å². The molecule has 0 aromatic heterocycles. The molecule has 2 atom stereocenters. The zero-order valence-electron chi connectivity index (χ0n) is 45.9. The van der Waals surface area contributed by atoms with E-state index in [-0.39, 0.29) is 51.2 Å². The molecule has 0 aliphatic heterocycles. The van der Waals surface area contributed by atoms with Crippen LogP contribution in [-0.2, 0) is 28.6 Å². The molecule has 12 nitrogen and oxygen atoms in total. The Morgan fingerprint density at radius 3 is 0.810 bits per heavy atom. The summed E-state index contributed by atoms with van der Waals surface area (Å²) in [5.41, 5.74) is 0.0998. The number of carbonyl (C=O) groups excluding carboxylic acids is 3. The van der Waals surface area contributed by atoms with Crippen LogP contribution in [0.3, 0.4) is 0 Å². The van der Waals surface area contributed by atoms with E-state index in [4.69, 9.17) is 24.4 Å². The zero-order valence-corrected chi connectivity index (χ0v) is 45.9. The van der Waals surface area contributed by atoms with E-state index >= 15 is 0 Å². The number of hydrogen-bond acceptors (Lipinski definition) is 12. The third kappa shape index (κ3) is 42.6. The third-order valence-corrected chi connectivity index (χ3v) is 11.2. The van der Waals surface area contributed by atoms with Crippen LogP contribution in [0.4, 0.5) is 0 Å². The first-order valence-corrected chi connectivity index (χ1v) is 23.1. The number of hydrogen-bond donors (Lipinski definition) is 2. The molecule has 2 N–H and O–H groups in total. The van der Waals surface area contributed by atoms with Crippen molar-refractivity contribution in [3.63, 3.8) is 0 Å². The molecule has 0 saturated carbocycles. The summed E-state index contributed by atoms with van der Waals surface area (Å²) in [5.74, 6) is 1.16. The van der Waals surface area contributed by atoms with Crippen LogP contribution in [0, 0.1) is 33.5 Å². The van der Waals surface area contributed by atoms with Crippen molar-refractivity contribution in [3.8, 4) is 0 Å². The molecular formula is C51H106N4O8. The highest BCUT2D eigenvalue weighted by atomic mass is 16.5. The van der Waals surface area contributed by atoms with Gasteiger partial charge in [0.25, 0.3) is 0 Å². The van der Waals surface area contributed by atoms with E-state index in [2.05, 4.69) is 38.5 Å². The molecule has 0 radical (unpaired) electrons. The molecule has 63 heavy (non-hydrogen) atoms. The van der Waals surface area contributed by atoms with Crippen molar-refractivity contribution in [1.82, 2.24) is 19.6 Å². The lowest BCUT2D eigenvalue weighted by molar-refractivity contribution is -0.155. The normalized spacial score (nSPS) is 12.1. The smallest absolute Gasteiger partial charge is 0.311 e. The second kappa shape index (κ2) is 38.2. The van der Waals surface area contributed by atoms with E-state index in [1.54, 1.807) is 0 Å². The first-order valence-electron chi connectivity index (χ1n) is 23.1. The summed E-state index contributed by atoms with van der Waals surface area (Å²) in [6.07, 6.45) is 5.52. The number of aliphatic hydroxyl groups excluding tert-OH is 2. The summed E-state index contributed by atoms with van der Waals surface area (Å²) in [7, 11) is 15.8. The first kappa shape index (κ1) is 71.5. The second-order valence-corrected chi connectivity index (χ2v) is 19.7. The van der Waals surface area contributed by atoms with Crippen molar-refractivity contribution < 1.29 is 38.8 Å². The summed E-state index contributed by atoms with van der Waals surface area (Å²) >= 11 is 0. The molecule has 378 valence electrons. The predicted octanol–water partition coefficient (Wildman–Crippen LogP) is 11.3. The van der Waals surface area contributed by atoms with Crippen LogP contribution in [0.1, 0.15) is 149 Å². The van der Waals surface area contributed by atoms with Gasteiger partial charge in [-0.2, -0.15) is 0 Å². The Hall–Kier alpha value is -3.09. The van der Waals surface area contributed by atoms with Crippen molar-refractivity contribution in [2.45, 2.75) is 149 Å². The maximum absolute atomic E-state index is 11.4. The predicted molar refractivity (Wildman–Crippen MR) is 270 cm³/mol. The van der Waals surface area contributed by atoms with Crippen molar-refractivity contribution in [2.75, 3.05) is 95.8 Å². The number of nitrogens with zero attached hydrogens (tertiary/aromatic N) is 4. The SMILES string of the molecule is C=C(C(C)CC)N(C)C.C=C(O)C(C)(C)CC.C=C(O)C(C)CC.CCC(C)(C)C(=O)OCCN(C)C.CCC(C)(C)C(=O)OCCN(C)C.CCC(C)(C)C(=O)OCCN(C)C. The number of esters is 3. The van der Waals surface area contributed by atoms with Crippen LogP contribution in [0.25, 0.3) is 0 Å². The molecule has 0 aliphatic carbocycles. The van der Waals surface area contributed by atoms with E-state index in [1.165, 1.54) is 12.1 Å². The topological polar surface area (TPSA) is 132 Å². The largest absolute Gasteiger partial charge is 0.513 e. The molecular weight excluding hydrogens is 797 g/mol. The summed E-state index contributed by atoms with van der Waals surface area (Å²) in [4.78, 5) is 42.4. The summed E-state index contributed by atoms with van der Waals surface area (Å²) in [5, 5.41) is 17.5. The number of rotatable bonds is 22. The van der Waals surface area contributed by atoms with Crippen LogP contribution in [0.2, 0.25) is 0 Å². The molecule has 0 fully saturated rings. The monoisotopic (exact) mass is 903 g/mol. The van der Waals surface area contributed by atoms with Gasteiger partial charge >= 0.3 is 17.9 Å². The maximum Gasteiger partial charge on any atom is 0.311 e. The van der Waals surface area contributed by atoms with Gasteiger partial charge in [-0.15, -0.1) is 0 Å². The summed E-state index contributed by atoms with van der Waals surface area (Å²) in [6, 6.07) is 0. The molecule has 0 aromatic rings. The maximum atomic E-state index is 11.4. The fraction of sp³-hybridized carbons (Fsp3) is 0.824. The molecule has 0 rings (SSSR count). The number of allylic oxidation sites excluding steroid dienone is 3. The molecule has 2 unspecified atom stereocenters. The van der Waals surface area contributed by atoms with E-state index in [1.807, 2.05) is 168 Å². The van der Waals surface area contributed by atoms with Gasteiger partial charge < -0.3 is 44.0 Å². The van der Waals surface area contributed by atoms with Gasteiger partial charge in [-0.05, 0) is 128 Å². The number of ether oxygens (including phenoxy) is 3. The van der Waals surface area contributed by atoms with Crippen molar-refractivity contribution in [2.24, 2.45) is 33.5 Å². The van der Waals surface area contributed by atoms with Gasteiger partial charge in [-0.3, -0.25) is 14.4 Å². The lowest BCUT2D eigenvalue weighted by Gasteiger charge is -2.20. The van der Waals surface area contributed by atoms with Gasteiger partial charge in [-0.1, -0.05) is 89.0 Å². The Morgan fingerprint density at radius 2 is 0.714 bits per heavy atom. The summed E-state index contributed by atoms with van der Waals surface area (Å²) in [6.45, 7) is 46.3. The van der Waals surface area contributed by atoms with E-state index in [0.29, 0.717) is 31.5 Å². The minimum absolute atomic E-state index is 0.0972. The number of carbonyl (C=O) groups is 3. The zero-order chi connectivity index (χ0) is 51.5. The quantitative estimate of drug-likeness (QED) is 0.0609. The van der Waals surface area contributed by atoms with Gasteiger partial charge in [0.15, 0.2) is 0 Å². The Kier molecular flexibility index (Phi) is 43.4. The Bertz CT molecular complexity index is 1130. The highest BCUT2D eigenvalue weighted by Gasteiger charge is 2.28. The number of likely N-dealkylation sites (N-methyl/N-ethyl adjacent to an activating group) is 3. The fourth-order valence-corrected chi connectivity index (χ4v) is 3.10. The van der Waals surface area contributed by atoms with Crippen LogP contribution >= 0.6 is 0 Å². The van der Waals surface area contributed by atoms with Gasteiger partial charge in [-0.25, -0.2) is 0 Å². The molecule has 0 saturated heterocycles. The third-order valence-electron chi connectivity index (χ3n) is 11.2. The Labute approximate surface area is 390 Å². The number of aliphatic hydroxyl groups is 2. The van der Waals surface area contributed by atoms with E-state index in [0.717, 1.165) is 51.7 Å². The average Bonchev–Trinajstić information content (AvgIpc) is 3.20. The van der Waals surface area contributed by atoms with Crippen molar-refractivity contribution in [3.05, 3.63) is 37.0 Å². The molecule has 0 amide bonds. The minimum Gasteiger partial charge on any atom is -0.513 e. The molecule has 0 heterocycles. The molecule has 12 heteroatoms. The van der Waals surface area contributed by atoms with Crippen molar-refractivity contribution in [1.29, 1.82) is 0 Å².